The fourth-order valence-corrected chi connectivity index (χ4v) is 4.78. The molecule has 0 aliphatic heterocycles. The number of allylic oxidation sites excluding steroid dienone is 1. The molecule has 0 spiro atoms. The van der Waals surface area contributed by atoms with Gasteiger partial charge in [0, 0.05) is 25.2 Å². The minimum atomic E-state index is -0.146. The second kappa shape index (κ2) is 9.61. The van der Waals surface area contributed by atoms with Gasteiger partial charge in [-0.1, -0.05) is 48.7 Å². The van der Waals surface area contributed by atoms with Crippen molar-refractivity contribution in [3.05, 3.63) is 46.2 Å². The smallest absolute Gasteiger partial charge is 0.262 e. The Bertz CT molecular complexity index is 922. The highest BCUT2D eigenvalue weighted by Crippen LogP contribution is 2.25. The third kappa shape index (κ3) is 4.97. The molecule has 1 aromatic carbocycles. The zero-order valence-electron chi connectivity index (χ0n) is 16.2. The average molecular weight is 420 g/mol. The second-order valence-electron chi connectivity index (χ2n) is 7.33. The SMILES string of the molecule is C=CCn1c(SCC(=O)N(C)CC2CCCCC2)nc2cc(Cl)ccc2c1=O. The number of benzene rings is 1. The predicted octanol–water partition coefficient (Wildman–Crippen LogP) is 4.37. The Kier molecular flexibility index (Phi) is 7.18. The molecule has 1 amide bonds. The van der Waals surface area contributed by atoms with Crippen LogP contribution in [-0.2, 0) is 11.3 Å². The molecule has 1 aliphatic carbocycles. The summed E-state index contributed by atoms with van der Waals surface area (Å²) in [6.45, 7) is 4.88. The Labute approximate surface area is 174 Å². The Hall–Kier alpha value is -1.79. The van der Waals surface area contributed by atoms with E-state index in [-0.39, 0.29) is 17.2 Å². The van der Waals surface area contributed by atoms with Crippen LogP contribution in [0.3, 0.4) is 0 Å². The summed E-state index contributed by atoms with van der Waals surface area (Å²) in [5.74, 6) is 0.910. The van der Waals surface area contributed by atoms with Crippen molar-refractivity contribution in [1.82, 2.24) is 14.5 Å². The molecular weight excluding hydrogens is 394 g/mol. The quantitative estimate of drug-likeness (QED) is 0.380. The first-order chi connectivity index (χ1) is 13.5. The number of aromatic nitrogens is 2. The first-order valence-corrected chi connectivity index (χ1v) is 11.0. The largest absolute Gasteiger partial charge is 0.345 e. The normalized spacial score (nSPS) is 14.9. The number of carbonyl (C=O) groups excluding carboxylic acids is 1. The van der Waals surface area contributed by atoms with E-state index in [9.17, 15) is 9.59 Å². The lowest BCUT2D eigenvalue weighted by Gasteiger charge is -2.27. The third-order valence-electron chi connectivity index (χ3n) is 5.20. The van der Waals surface area contributed by atoms with Crippen molar-refractivity contribution in [2.45, 2.75) is 43.8 Å². The first kappa shape index (κ1) is 20.9. The summed E-state index contributed by atoms with van der Waals surface area (Å²) in [5.41, 5.74) is 0.399. The van der Waals surface area contributed by atoms with Crippen LogP contribution < -0.4 is 5.56 Å². The number of nitrogens with zero attached hydrogens (tertiary/aromatic N) is 3. The van der Waals surface area contributed by atoms with Crippen LogP contribution in [0.15, 0.2) is 40.8 Å². The highest BCUT2D eigenvalue weighted by atomic mass is 35.5. The van der Waals surface area contributed by atoms with Crippen LogP contribution in [0.5, 0.6) is 0 Å². The Balaban J connectivity index is 1.75. The highest BCUT2D eigenvalue weighted by molar-refractivity contribution is 7.99. The number of hydrogen-bond acceptors (Lipinski definition) is 4. The number of amides is 1. The van der Waals surface area contributed by atoms with Gasteiger partial charge in [-0.3, -0.25) is 14.2 Å². The number of thioether (sulfide) groups is 1. The first-order valence-electron chi connectivity index (χ1n) is 9.67. The Morgan fingerprint density at radius 3 is 2.86 bits per heavy atom. The van der Waals surface area contributed by atoms with Crippen LogP contribution >= 0.6 is 23.4 Å². The summed E-state index contributed by atoms with van der Waals surface area (Å²) in [6, 6.07) is 5.05. The number of fused-ring (bicyclic) bond motifs is 1. The van der Waals surface area contributed by atoms with Gasteiger partial charge in [-0.15, -0.1) is 6.58 Å². The molecule has 0 bridgehead atoms. The molecule has 1 heterocycles. The molecule has 0 radical (unpaired) electrons. The van der Waals surface area contributed by atoms with Gasteiger partial charge >= 0.3 is 0 Å². The van der Waals surface area contributed by atoms with Crippen molar-refractivity contribution in [1.29, 1.82) is 0 Å². The lowest BCUT2D eigenvalue weighted by molar-refractivity contribution is -0.127. The molecule has 150 valence electrons. The van der Waals surface area contributed by atoms with Crippen molar-refractivity contribution >= 4 is 40.2 Å². The molecule has 1 aromatic heterocycles. The van der Waals surface area contributed by atoms with Crippen LogP contribution in [0, 0.1) is 5.92 Å². The summed E-state index contributed by atoms with van der Waals surface area (Å²) in [6.07, 6.45) is 7.90. The molecule has 2 aromatic rings. The van der Waals surface area contributed by atoms with Crippen LogP contribution in [-0.4, -0.2) is 39.7 Å². The van der Waals surface area contributed by atoms with E-state index in [1.165, 1.54) is 43.9 Å². The van der Waals surface area contributed by atoms with E-state index in [0.29, 0.717) is 33.5 Å². The fourth-order valence-electron chi connectivity index (χ4n) is 3.67. The number of rotatable bonds is 7. The van der Waals surface area contributed by atoms with Gasteiger partial charge in [0.05, 0.1) is 16.7 Å². The molecule has 0 unspecified atom stereocenters. The van der Waals surface area contributed by atoms with E-state index in [0.717, 1.165) is 6.54 Å². The topological polar surface area (TPSA) is 55.2 Å². The summed E-state index contributed by atoms with van der Waals surface area (Å²) < 4.78 is 1.56. The molecule has 1 fully saturated rings. The minimum absolute atomic E-state index is 0.0566. The zero-order valence-corrected chi connectivity index (χ0v) is 17.8. The molecule has 5 nitrogen and oxygen atoms in total. The van der Waals surface area contributed by atoms with Crippen LogP contribution in [0.2, 0.25) is 5.02 Å². The highest BCUT2D eigenvalue weighted by Gasteiger charge is 2.19. The van der Waals surface area contributed by atoms with E-state index < -0.39 is 0 Å². The van der Waals surface area contributed by atoms with E-state index >= 15 is 0 Å². The van der Waals surface area contributed by atoms with E-state index in [4.69, 9.17) is 11.6 Å². The van der Waals surface area contributed by atoms with Crippen molar-refractivity contribution in [3.63, 3.8) is 0 Å². The minimum Gasteiger partial charge on any atom is -0.345 e. The molecule has 28 heavy (non-hydrogen) atoms. The number of halogens is 1. The summed E-state index contributed by atoms with van der Waals surface area (Å²) >= 11 is 7.34. The third-order valence-corrected chi connectivity index (χ3v) is 6.40. The number of carbonyl (C=O) groups is 1. The maximum atomic E-state index is 12.8. The predicted molar refractivity (Wildman–Crippen MR) is 116 cm³/mol. The lowest BCUT2D eigenvalue weighted by Crippen LogP contribution is -2.34. The van der Waals surface area contributed by atoms with E-state index in [1.807, 2.05) is 11.9 Å². The zero-order chi connectivity index (χ0) is 20.1. The van der Waals surface area contributed by atoms with Crippen molar-refractivity contribution in [2.75, 3.05) is 19.3 Å². The molecule has 0 saturated heterocycles. The molecule has 0 N–H and O–H groups in total. The van der Waals surface area contributed by atoms with Gasteiger partial charge in [-0.05, 0) is 37.0 Å². The maximum absolute atomic E-state index is 12.8. The molecular formula is C21H26ClN3O2S. The van der Waals surface area contributed by atoms with Crippen molar-refractivity contribution in [2.24, 2.45) is 5.92 Å². The fraction of sp³-hybridized carbons (Fsp3) is 0.476. The molecule has 1 saturated carbocycles. The summed E-state index contributed by atoms with van der Waals surface area (Å²) in [5, 5.41) is 1.55. The summed E-state index contributed by atoms with van der Waals surface area (Å²) in [4.78, 5) is 31.8. The van der Waals surface area contributed by atoms with E-state index in [2.05, 4.69) is 11.6 Å². The number of hydrogen-bond donors (Lipinski definition) is 0. The molecule has 7 heteroatoms. The van der Waals surface area contributed by atoms with Crippen LogP contribution in [0.4, 0.5) is 0 Å². The Morgan fingerprint density at radius 2 is 2.14 bits per heavy atom. The molecule has 3 rings (SSSR count). The lowest BCUT2D eigenvalue weighted by atomic mass is 9.89. The van der Waals surface area contributed by atoms with Gasteiger partial charge in [0.1, 0.15) is 0 Å². The van der Waals surface area contributed by atoms with Gasteiger partial charge < -0.3 is 4.90 Å². The van der Waals surface area contributed by atoms with Crippen molar-refractivity contribution in [3.8, 4) is 0 Å². The average Bonchev–Trinajstić information content (AvgIpc) is 2.69. The van der Waals surface area contributed by atoms with Gasteiger partial charge in [-0.2, -0.15) is 0 Å². The standard InChI is InChI=1S/C21H26ClN3O2S/c1-3-11-25-20(27)17-10-9-16(22)12-18(17)23-21(25)28-14-19(26)24(2)13-15-7-5-4-6-8-15/h3,9-10,12,15H,1,4-8,11,13-14H2,2H3. The van der Waals surface area contributed by atoms with Gasteiger partial charge in [0.2, 0.25) is 5.91 Å². The van der Waals surface area contributed by atoms with Crippen LogP contribution in [0.25, 0.3) is 10.9 Å². The van der Waals surface area contributed by atoms with Gasteiger partial charge in [0.25, 0.3) is 5.56 Å². The van der Waals surface area contributed by atoms with Crippen LogP contribution in [0.1, 0.15) is 32.1 Å². The maximum Gasteiger partial charge on any atom is 0.262 e. The monoisotopic (exact) mass is 419 g/mol. The second-order valence-corrected chi connectivity index (χ2v) is 8.71. The van der Waals surface area contributed by atoms with Crippen molar-refractivity contribution < 1.29 is 4.79 Å². The molecule has 1 aliphatic rings. The van der Waals surface area contributed by atoms with Gasteiger partial charge in [0.15, 0.2) is 5.16 Å². The van der Waals surface area contributed by atoms with Gasteiger partial charge in [-0.25, -0.2) is 4.98 Å². The summed E-state index contributed by atoms with van der Waals surface area (Å²) in [7, 11) is 1.86. The Morgan fingerprint density at radius 1 is 1.39 bits per heavy atom. The van der Waals surface area contributed by atoms with E-state index in [1.54, 1.807) is 28.8 Å². The molecule has 0 atom stereocenters.